The zero-order valence-electron chi connectivity index (χ0n) is 10.6. The fraction of sp³-hybridized carbons (Fsp3) is 0.176. The van der Waals surface area contributed by atoms with Crippen LogP contribution in [0, 0.1) is 0 Å². The van der Waals surface area contributed by atoms with Crippen LogP contribution in [0.4, 0.5) is 0 Å². The Hall–Kier alpha value is -1.47. The van der Waals surface area contributed by atoms with Crippen LogP contribution >= 0.6 is 11.8 Å². The average Bonchev–Trinajstić information content (AvgIpc) is 2.45. The van der Waals surface area contributed by atoms with E-state index in [0.29, 0.717) is 5.25 Å². The summed E-state index contributed by atoms with van der Waals surface area (Å²) in [7, 11) is 0. The van der Waals surface area contributed by atoms with Crippen LogP contribution in [0.25, 0.3) is 6.08 Å². The summed E-state index contributed by atoms with van der Waals surface area (Å²) in [6.07, 6.45) is 4.46. The Morgan fingerprint density at radius 2 is 1.56 bits per heavy atom. The maximum absolute atomic E-state index is 2.27. The highest BCUT2D eigenvalue weighted by Gasteiger charge is 1.98. The van der Waals surface area contributed by atoms with E-state index in [1.54, 1.807) is 0 Å². The van der Waals surface area contributed by atoms with Crippen molar-refractivity contribution >= 4 is 17.8 Å². The summed E-state index contributed by atoms with van der Waals surface area (Å²) in [5.41, 5.74) is 2.66. The lowest BCUT2D eigenvalue weighted by Crippen LogP contribution is -1.91. The number of rotatable bonds is 5. The van der Waals surface area contributed by atoms with E-state index in [-0.39, 0.29) is 0 Å². The topological polar surface area (TPSA) is 0 Å². The predicted molar refractivity (Wildman–Crippen MR) is 82.7 cm³/mol. The summed E-state index contributed by atoms with van der Waals surface area (Å²) in [6.45, 7) is 2.24. The zero-order valence-corrected chi connectivity index (χ0v) is 11.4. The molecule has 0 bridgehead atoms. The molecule has 2 aromatic carbocycles. The molecule has 0 spiro atoms. The molecular formula is C17H18S. The van der Waals surface area contributed by atoms with Crippen LogP contribution in [-0.2, 0) is 5.75 Å². The second-order valence-electron chi connectivity index (χ2n) is 4.27. The first-order chi connectivity index (χ1) is 8.84. The molecule has 2 rings (SSSR count). The van der Waals surface area contributed by atoms with Crippen molar-refractivity contribution in [1.82, 2.24) is 0 Å². The first kappa shape index (κ1) is 13.0. The third-order valence-corrected chi connectivity index (χ3v) is 3.90. The number of benzene rings is 2. The fourth-order valence-electron chi connectivity index (χ4n) is 1.67. The van der Waals surface area contributed by atoms with E-state index < -0.39 is 0 Å². The smallest absolute Gasteiger partial charge is 0.0205 e. The van der Waals surface area contributed by atoms with Crippen LogP contribution in [0.2, 0.25) is 0 Å². The highest BCUT2D eigenvalue weighted by molar-refractivity contribution is 7.99. The van der Waals surface area contributed by atoms with E-state index in [1.165, 1.54) is 11.1 Å². The lowest BCUT2D eigenvalue weighted by molar-refractivity contribution is 1.24. The highest BCUT2D eigenvalue weighted by Crippen LogP contribution is 2.19. The molecule has 0 aliphatic carbocycles. The molecule has 0 aromatic heterocycles. The van der Waals surface area contributed by atoms with Gasteiger partial charge in [0.05, 0.1) is 0 Å². The van der Waals surface area contributed by atoms with E-state index >= 15 is 0 Å². The molecule has 0 saturated heterocycles. The molecule has 1 unspecified atom stereocenters. The Morgan fingerprint density at radius 1 is 0.944 bits per heavy atom. The normalized spacial score (nSPS) is 12.7. The lowest BCUT2D eigenvalue weighted by atomic mass is 10.2. The van der Waals surface area contributed by atoms with E-state index in [2.05, 4.69) is 73.7 Å². The van der Waals surface area contributed by atoms with Gasteiger partial charge in [0.1, 0.15) is 0 Å². The molecule has 0 amide bonds. The zero-order chi connectivity index (χ0) is 12.6. The molecule has 1 atom stereocenters. The fourth-order valence-corrected chi connectivity index (χ4v) is 2.51. The van der Waals surface area contributed by atoms with Crippen molar-refractivity contribution in [2.24, 2.45) is 0 Å². The Morgan fingerprint density at radius 3 is 2.22 bits per heavy atom. The van der Waals surface area contributed by atoms with Gasteiger partial charge >= 0.3 is 0 Å². The molecule has 92 valence electrons. The summed E-state index contributed by atoms with van der Waals surface area (Å²) < 4.78 is 0. The second-order valence-corrected chi connectivity index (χ2v) is 5.64. The molecule has 0 aliphatic rings. The van der Waals surface area contributed by atoms with Gasteiger partial charge in [0, 0.05) is 11.0 Å². The molecule has 2 aromatic rings. The van der Waals surface area contributed by atoms with E-state index in [9.17, 15) is 0 Å². The maximum Gasteiger partial charge on any atom is 0.0205 e. The van der Waals surface area contributed by atoms with Crippen molar-refractivity contribution in [2.45, 2.75) is 17.9 Å². The van der Waals surface area contributed by atoms with E-state index in [1.807, 2.05) is 17.8 Å². The Bertz CT molecular complexity index is 473. The molecule has 0 aliphatic heterocycles. The van der Waals surface area contributed by atoms with Gasteiger partial charge in [-0.1, -0.05) is 72.8 Å². The van der Waals surface area contributed by atoms with Crippen LogP contribution in [0.5, 0.6) is 0 Å². The summed E-state index contributed by atoms with van der Waals surface area (Å²) in [6, 6.07) is 21.1. The van der Waals surface area contributed by atoms with Gasteiger partial charge in [-0.2, -0.15) is 0 Å². The third-order valence-electron chi connectivity index (χ3n) is 2.71. The molecule has 0 saturated carbocycles. The number of thioether (sulfide) groups is 1. The van der Waals surface area contributed by atoms with Crippen molar-refractivity contribution in [3.05, 3.63) is 77.9 Å². The average molecular weight is 254 g/mol. The second kappa shape index (κ2) is 7.07. The van der Waals surface area contributed by atoms with Gasteiger partial charge in [-0.25, -0.2) is 0 Å². The monoisotopic (exact) mass is 254 g/mol. The number of hydrogen-bond acceptors (Lipinski definition) is 1. The van der Waals surface area contributed by atoms with Crippen LogP contribution in [0.15, 0.2) is 66.7 Å². The van der Waals surface area contributed by atoms with Crippen molar-refractivity contribution in [2.75, 3.05) is 0 Å². The highest BCUT2D eigenvalue weighted by atomic mass is 32.2. The minimum absolute atomic E-state index is 0.533. The minimum Gasteiger partial charge on any atom is -0.150 e. The minimum atomic E-state index is 0.533. The molecular weight excluding hydrogens is 236 g/mol. The van der Waals surface area contributed by atoms with Gasteiger partial charge in [0.15, 0.2) is 0 Å². The van der Waals surface area contributed by atoms with Gasteiger partial charge in [0.25, 0.3) is 0 Å². The summed E-state index contributed by atoms with van der Waals surface area (Å²) in [5.74, 6) is 1.07. The number of hydrogen-bond donors (Lipinski definition) is 0. The van der Waals surface area contributed by atoms with E-state index in [0.717, 1.165) is 5.75 Å². The first-order valence-corrected chi connectivity index (χ1v) is 7.28. The van der Waals surface area contributed by atoms with Gasteiger partial charge < -0.3 is 0 Å². The van der Waals surface area contributed by atoms with Crippen LogP contribution in [-0.4, -0.2) is 5.25 Å². The SMILES string of the molecule is CC(/C=C/c1ccccc1)SCc1ccccc1. The third kappa shape index (κ3) is 4.42. The quantitative estimate of drug-likeness (QED) is 0.721. The Balaban J connectivity index is 1.82. The van der Waals surface area contributed by atoms with E-state index in [4.69, 9.17) is 0 Å². The van der Waals surface area contributed by atoms with Crippen molar-refractivity contribution in [1.29, 1.82) is 0 Å². The Labute approximate surface area is 114 Å². The largest absolute Gasteiger partial charge is 0.150 e. The maximum atomic E-state index is 2.27. The molecule has 0 heterocycles. The standard InChI is InChI=1S/C17H18S/c1-15(12-13-16-8-4-2-5-9-16)18-14-17-10-6-3-7-11-17/h2-13,15H,14H2,1H3/b13-12+. The van der Waals surface area contributed by atoms with Gasteiger partial charge in [-0.05, 0) is 18.1 Å². The van der Waals surface area contributed by atoms with Crippen molar-refractivity contribution in [3.8, 4) is 0 Å². The van der Waals surface area contributed by atoms with Crippen molar-refractivity contribution < 1.29 is 0 Å². The summed E-state index contributed by atoms with van der Waals surface area (Å²) >= 11 is 1.96. The van der Waals surface area contributed by atoms with Gasteiger partial charge in [-0.3, -0.25) is 0 Å². The molecule has 0 radical (unpaired) electrons. The van der Waals surface area contributed by atoms with Crippen LogP contribution in [0.3, 0.4) is 0 Å². The van der Waals surface area contributed by atoms with Crippen LogP contribution < -0.4 is 0 Å². The first-order valence-electron chi connectivity index (χ1n) is 6.23. The van der Waals surface area contributed by atoms with Crippen LogP contribution in [0.1, 0.15) is 18.1 Å². The molecule has 0 N–H and O–H groups in total. The summed E-state index contributed by atoms with van der Waals surface area (Å²) in [5, 5.41) is 0.533. The van der Waals surface area contributed by atoms with Gasteiger partial charge in [-0.15, -0.1) is 11.8 Å². The molecule has 0 nitrogen and oxygen atoms in total. The predicted octanol–water partition coefficient (Wildman–Crippen LogP) is 5.02. The summed E-state index contributed by atoms with van der Waals surface area (Å²) in [4.78, 5) is 0. The molecule has 0 fully saturated rings. The molecule has 1 heteroatoms. The Kier molecular flexibility index (Phi) is 5.10. The van der Waals surface area contributed by atoms with Crippen molar-refractivity contribution in [3.63, 3.8) is 0 Å². The lowest BCUT2D eigenvalue weighted by Gasteiger charge is -2.06. The van der Waals surface area contributed by atoms with Gasteiger partial charge in [0.2, 0.25) is 0 Å². The molecule has 18 heavy (non-hydrogen) atoms.